The highest BCUT2D eigenvalue weighted by molar-refractivity contribution is 5.85. The van der Waals surface area contributed by atoms with E-state index >= 15 is 0 Å². The highest BCUT2D eigenvalue weighted by Crippen LogP contribution is 2.70. The van der Waals surface area contributed by atoms with E-state index in [9.17, 15) is 30.0 Å². The normalized spacial score (nSPS) is 52.2. The maximum Gasteiger partial charge on any atom is 0.331 e. The monoisotopic (exact) mass is 564 g/mol. The molecule has 8 unspecified atom stereocenters. The Labute approximate surface area is 235 Å². The Morgan fingerprint density at radius 2 is 1.82 bits per heavy atom. The molecule has 2 aliphatic heterocycles. The number of carbonyl (C=O) groups is 2. The molecule has 0 radical (unpaired) electrons. The van der Waals surface area contributed by atoms with E-state index in [0.29, 0.717) is 38.5 Å². The third-order valence-corrected chi connectivity index (χ3v) is 12.2. The number of cyclic esters (lactones) is 1. The van der Waals surface area contributed by atoms with Crippen molar-refractivity contribution in [2.45, 2.75) is 114 Å². The Kier molecular flexibility index (Phi) is 7.15. The van der Waals surface area contributed by atoms with E-state index in [1.807, 2.05) is 0 Å². The zero-order chi connectivity index (χ0) is 28.6. The molecule has 2 heterocycles. The van der Waals surface area contributed by atoms with E-state index in [-0.39, 0.29) is 42.4 Å². The Morgan fingerprint density at radius 3 is 2.50 bits per heavy atom. The van der Waals surface area contributed by atoms with Crippen LogP contribution >= 0.6 is 0 Å². The molecule has 224 valence electrons. The van der Waals surface area contributed by atoms with Gasteiger partial charge in [-0.25, -0.2) is 4.79 Å². The first-order chi connectivity index (χ1) is 19.0. The quantitative estimate of drug-likeness (QED) is 0.289. The summed E-state index contributed by atoms with van der Waals surface area (Å²) >= 11 is 0. The molecule has 0 amide bonds. The van der Waals surface area contributed by atoms with Crippen molar-refractivity contribution in [2.24, 2.45) is 34.5 Å². The van der Waals surface area contributed by atoms with Crippen molar-refractivity contribution in [2.75, 3.05) is 13.7 Å². The molecule has 13 atom stereocenters. The average molecular weight is 565 g/mol. The van der Waals surface area contributed by atoms with Crippen LogP contribution in [0, 0.1) is 34.5 Å². The van der Waals surface area contributed by atoms with Crippen LogP contribution in [-0.2, 0) is 28.5 Å². The number of rotatable bonds is 5. The minimum atomic E-state index is -1.16. The zero-order valence-corrected chi connectivity index (χ0v) is 23.7. The molecule has 0 bridgehead atoms. The molecule has 0 spiro atoms. The van der Waals surface area contributed by atoms with Crippen LogP contribution in [0.2, 0.25) is 0 Å². The van der Waals surface area contributed by atoms with Crippen molar-refractivity contribution >= 4 is 11.9 Å². The molecular weight excluding hydrogens is 520 g/mol. The van der Waals surface area contributed by atoms with Gasteiger partial charge >= 0.3 is 11.9 Å². The van der Waals surface area contributed by atoms with E-state index in [0.717, 1.165) is 24.8 Å². The van der Waals surface area contributed by atoms with Crippen LogP contribution in [-0.4, -0.2) is 88.5 Å². The minimum absolute atomic E-state index is 0.0614. The maximum absolute atomic E-state index is 13.2. The van der Waals surface area contributed by atoms with E-state index in [1.54, 1.807) is 13.0 Å². The summed E-state index contributed by atoms with van der Waals surface area (Å²) < 4.78 is 22.5. The van der Waals surface area contributed by atoms with Gasteiger partial charge in [-0.3, -0.25) is 4.79 Å². The van der Waals surface area contributed by atoms with Gasteiger partial charge in [-0.05, 0) is 94.0 Å². The molecule has 0 aromatic rings. The third kappa shape index (κ3) is 3.96. The SMILES string of the molecule is CO[C@H]1[C@H](O)[C@H](OC2CCC3(C(=O)O)C(CCC4C3CCC3(C)C(C5=CC(=O)OC5)CCC43O)C2)O[C@@H](C)[C@H]1O. The van der Waals surface area contributed by atoms with Crippen molar-refractivity contribution in [3.8, 4) is 0 Å². The van der Waals surface area contributed by atoms with E-state index in [1.165, 1.54) is 7.11 Å². The maximum atomic E-state index is 13.2. The minimum Gasteiger partial charge on any atom is -0.481 e. The summed E-state index contributed by atoms with van der Waals surface area (Å²) in [5.41, 5.74) is -1.38. The van der Waals surface area contributed by atoms with Crippen LogP contribution in [0.15, 0.2) is 11.6 Å². The van der Waals surface area contributed by atoms with Gasteiger partial charge in [-0.2, -0.15) is 0 Å². The van der Waals surface area contributed by atoms with Crippen LogP contribution < -0.4 is 0 Å². The second-order valence-corrected chi connectivity index (χ2v) is 13.6. The molecule has 0 aromatic carbocycles. The Bertz CT molecular complexity index is 1060. The van der Waals surface area contributed by atoms with Crippen molar-refractivity contribution < 1.29 is 49.0 Å². The number of aliphatic carboxylic acids is 1. The predicted octanol–water partition coefficient (Wildman–Crippen LogP) is 2.17. The molecule has 4 N–H and O–H groups in total. The van der Waals surface area contributed by atoms with Gasteiger partial charge in [0.05, 0.1) is 23.2 Å². The molecule has 4 aliphatic carbocycles. The van der Waals surface area contributed by atoms with Crippen molar-refractivity contribution in [1.29, 1.82) is 0 Å². The number of carbonyl (C=O) groups excluding carboxylic acids is 1. The van der Waals surface area contributed by atoms with Gasteiger partial charge in [0.2, 0.25) is 0 Å². The van der Waals surface area contributed by atoms with Crippen molar-refractivity contribution in [1.82, 2.24) is 0 Å². The Hall–Kier alpha value is -1.56. The Morgan fingerprint density at radius 1 is 1.05 bits per heavy atom. The lowest BCUT2D eigenvalue weighted by Crippen LogP contribution is -2.65. The van der Waals surface area contributed by atoms with Gasteiger partial charge in [-0.1, -0.05) is 6.92 Å². The largest absolute Gasteiger partial charge is 0.481 e. The highest BCUT2D eigenvalue weighted by Gasteiger charge is 2.70. The first kappa shape index (κ1) is 28.6. The summed E-state index contributed by atoms with van der Waals surface area (Å²) in [6.07, 6.45) is 2.56. The number of methoxy groups -OCH3 is 1. The van der Waals surface area contributed by atoms with Crippen LogP contribution in [0.5, 0.6) is 0 Å². The van der Waals surface area contributed by atoms with Gasteiger partial charge in [0.25, 0.3) is 0 Å². The molecule has 5 fully saturated rings. The second-order valence-electron chi connectivity index (χ2n) is 13.6. The predicted molar refractivity (Wildman–Crippen MR) is 140 cm³/mol. The Balaban J connectivity index is 1.21. The van der Waals surface area contributed by atoms with Crippen molar-refractivity contribution in [3.63, 3.8) is 0 Å². The molecule has 4 saturated carbocycles. The fourth-order valence-corrected chi connectivity index (χ4v) is 10.1. The summed E-state index contributed by atoms with van der Waals surface area (Å²) in [4.78, 5) is 25.0. The number of hydrogen-bond donors (Lipinski definition) is 4. The summed E-state index contributed by atoms with van der Waals surface area (Å²) in [6, 6.07) is 0. The number of esters is 1. The lowest BCUT2D eigenvalue weighted by atomic mass is 9.42. The summed E-state index contributed by atoms with van der Waals surface area (Å²) in [5.74, 6) is -1.40. The summed E-state index contributed by atoms with van der Waals surface area (Å²) in [6.45, 7) is 4.13. The molecule has 6 aliphatic rings. The number of hydrogen-bond acceptors (Lipinski definition) is 9. The van der Waals surface area contributed by atoms with E-state index in [4.69, 9.17) is 18.9 Å². The number of ether oxygens (including phenoxy) is 4. The fourth-order valence-electron chi connectivity index (χ4n) is 10.1. The third-order valence-electron chi connectivity index (χ3n) is 12.2. The number of carboxylic acids is 1. The average Bonchev–Trinajstić information content (AvgIpc) is 3.46. The molecule has 10 nitrogen and oxygen atoms in total. The summed E-state index contributed by atoms with van der Waals surface area (Å²) in [7, 11) is 1.43. The van der Waals surface area contributed by atoms with Gasteiger partial charge < -0.3 is 39.4 Å². The van der Waals surface area contributed by atoms with E-state index in [2.05, 4.69) is 6.92 Å². The van der Waals surface area contributed by atoms with Crippen LogP contribution in [0.1, 0.15) is 71.6 Å². The number of carboxylic acid groups (broad SMARTS) is 1. The van der Waals surface area contributed by atoms with Gasteiger partial charge in [0.1, 0.15) is 24.9 Å². The lowest BCUT2D eigenvalue weighted by molar-refractivity contribution is -0.313. The molecular formula is C30H44O10. The first-order valence-corrected chi connectivity index (χ1v) is 15.0. The van der Waals surface area contributed by atoms with Gasteiger partial charge in [-0.15, -0.1) is 0 Å². The molecule has 0 aromatic heterocycles. The zero-order valence-electron chi connectivity index (χ0n) is 23.7. The van der Waals surface area contributed by atoms with Crippen LogP contribution in [0.4, 0.5) is 0 Å². The number of aliphatic hydroxyl groups excluding tert-OH is 2. The highest BCUT2D eigenvalue weighted by atomic mass is 16.7. The first-order valence-electron chi connectivity index (χ1n) is 15.0. The standard InChI is InChI=1S/C30H44O10/c1-15-23(32)25(37-3)24(33)26(39-15)40-18-6-10-29(27(34)35)17(13-18)4-5-21-20(29)7-9-28(2)19(8-11-30(21,28)36)16-12-22(31)38-14-16/h12,15,17-21,23-26,32-33,36H,4-11,13-14H2,1-3H3,(H,34,35)/t15-,17?,18?,19?,20?,21?,23+,24-,25+,26-,28?,29?,30?/m0/s1. The van der Waals surface area contributed by atoms with Crippen LogP contribution in [0.3, 0.4) is 0 Å². The fraction of sp³-hybridized carbons (Fsp3) is 0.867. The molecule has 10 heteroatoms. The van der Waals surface area contributed by atoms with Gasteiger partial charge in [0.15, 0.2) is 6.29 Å². The van der Waals surface area contributed by atoms with Crippen molar-refractivity contribution in [3.05, 3.63) is 11.6 Å². The van der Waals surface area contributed by atoms with Gasteiger partial charge in [0, 0.05) is 18.6 Å². The molecule has 1 saturated heterocycles. The lowest BCUT2D eigenvalue weighted by Gasteiger charge is -2.63. The number of aliphatic hydroxyl groups is 3. The topological polar surface area (TPSA) is 152 Å². The molecule has 40 heavy (non-hydrogen) atoms. The molecule has 6 rings (SSSR count). The van der Waals surface area contributed by atoms with E-state index < -0.39 is 53.1 Å². The second kappa shape index (κ2) is 10.0. The summed E-state index contributed by atoms with van der Waals surface area (Å²) in [5, 5.41) is 44.2. The van der Waals surface area contributed by atoms with Crippen LogP contribution in [0.25, 0.3) is 0 Å². The number of fused-ring (bicyclic) bond motifs is 5. The smallest absolute Gasteiger partial charge is 0.331 e.